The topological polar surface area (TPSA) is 59.8 Å². The third-order valence-corrected chi connectivity index (χ3v) is 4.35. The van der Waals surface area contributed by atoms with E-state index < -0.39 is 5.54 Å². The monoisotopic (exact) mass is 388 g/mol. The fraction of sp³-hybridized carbons (Fsp3) is 0.211. The highest BCUT2D eigenvalue weighted by Gasteiger charge is 2.27. The van der Waals surface area contributed by atoms with E-state index in [1.165, 1.54) is 0 Å². The SMILES string of the molecule is CC(C)(NC(=O)c1cc(Cl)cc(Cl)c1)c1cn(Cc2ccccc2)nn1. The molecule has 0 aliphatic rings. The van der Waals surface area contributed by atoms with Crippen LogP contribution in [0.3, 0.4) is 0 Å². The Morgan fingerprint density at radius 2 is 1.77 bits per heavy atom. The second-order valence-corrected chi connectivity index (χ2v) is 7.40. The van der Waals surface area contributed by atoms with Crippen LogP contribution in [-0.4, -0.2) is 20.9 Å². The molecule has 0 atom stereocenters. The number of amides is 1. The smallest absolute Gasteiger partial charge is 0.252 e. The Morgan fingerprint density at radius 1 is 1.12 bits per heavy atom. The van der Waals surface area contributed by atoms with Crippen molar-refractivity contribution in [3.63, 3.8) is 0 Å². The van der Waals surface area contributed by atoms with E-state index in [-0.39, 0.29) is 5.91 Å². The van der Waals surface area contributed by atoms with Crippen LogP contribution in [0.25, 0.3) is 0 Å². The number of carbonyl (C=O) groups is 1. The maximum atomic E-state index is 12.6. The summed E-state index contributed by atoms with van der Waals surface area (Å²) in [5, 5.41) is 12.1. The van der Waals surface area contributed by atoms with Gasteiger partial charge in [-0.1, -0.05) is 58.7 Å². The Bertz CT molecular complexity index is 902. The van der Waals surface area contributed by atoms with Crippen LogP contribution in [0.1, 0.15) is 35.5 Å². The quantitative estimate of drug-likeness (QED) is 0.708. The summed E-state index contributed by atoms with van der Waals surface area (Å²) in [6.07, 6.45) is 1.83. The van der Waals surface area contributed by atoms with Crippen LogP contribution in [0.2, 0.25) is 10.0 Å². The first-order valence-corrected chi connectivity index (χ1v) is 8.82. The first-order valence-electron chi connectivity index (χ1n) is 8.07. The molecule has 0 radical (unpaired) electrons. The van der Waals surface area contributed by atoms with Gasteiger partial charge in [-0.25, -0.2) is 4.68 Å². The molecule has 0 aliphatic carbocycles. The van der Waals surface area contributed by atoms with E-state index in [9.17, 15) is 4.79 Å². The van der Waals surface area contributed by atoms with Gasteiger partial charge >= 0.3 is 0 Å². The lowest BCUT2D eigenvalue weighted by molar-refractivity contribution is 0.0910. The van der Waals surface area contributed by atoms with E-state index >= 15 is 0 Å². The van der Waals surface area contributed by atoms with Crippen molar-refractivity contribution in [1.29, 1.82) is 0 Å². The number of aromatic nitrogens is 3. The summed E-state index contributed by atoms with van der Waals surface area (Å²) in [5.41, 5.74) is 1.47. The largest absolute Gasteiger partial charge is 0.341 e. The standard InChI is InChI=1S/C19H18Cl2N4O/c1-19(2,22-18(26)14-8-15(20)10-16(21)9-14)17-12-25(24-23-17)11-13-6-4-3-5-7-13/h3-10,12H,11H2,1-2H3,(H,22,26). The van der Waals surface area contributed by atoms with Crippen LogP contribution < -0.4 is 5.32 Å². The molecule has 0 saturated heterocycles. The number of rotatable bonds is 5. The van der Waals surface area contributed by atoms with Gasteiger partial charge in [0.2, 0.25) is 0 Å². The molecule has 26 heavy (non-hydrogen) atoms. The number of hydrogen-bond donors (Lipinski definition) is 1. The zero-order chi connectivity index (χ0) is 18.7. The van der Waals surface area contributed by atoms with Gasteiger partial charge in [0, 0.05) is 15.6 Å². The minimum atomic E-state index is -0.708. The molecular weight excluding hydrogens is 371 g/mol. The molecule has 0 saturated carbocycles. The summed E-state index contributed by atoms with van der Waals surface area (Å²) in [4.78, 5) is 12.6. The first kappa shape index (κ1) is 18.4. The highest BCUT2D eigenvalue weighted by molar-refractivity contribution is 6.35. The number of nitrogens with zero attached hydrogens (tertiary/aromatic N) is 3. The van der Waals surface area contributed by atoms with Gasteiger partial charge in [-0.3, -0.25) is 4.79 Å². The molecule has 3 aromatic rings. The summed E-state index contributed by atoms with van der Waals surface area (Å²) in [7, 11) is 0. The molecule has 0 spiro atoms. The third-order valence-electron chi connectivity index (χ3n) is 3.92. The van der Waals surface area contributed by atoms with E-state index in [1.54, 1.807) is 22.9 Å². The lowest BCUT2D eigenvalue weighted by Gasteiger charge is -2.23. The molecule has 0 aliphatic heterocycles. The van der Waals surface area contributed by atoms with Crippen molar-refractivity contribution >= 4 is 29.1 Å². The number of carbonyl (C=O) groups excluding carboxylic acids is 1. The zero-order valence-corrected chi connectivity index (χ0v) is 15.9. The van der Waals surface area contributed by atoms with Crippen LogP contribution in [0.4, 0.5) is 0 Å². The zero-order valence-electron chi connectivity index (χ0n) is 14.4. The van der Waals surface area contributed by atoms with Crippen molar-refractivity contribution in [2.45, 2.75) is 25.9 Å². The van der Waals surface area contributed by atoms with Gasteiger partial charge in [0.1, 0.15) is 5.69 Å². The Balaban J connectivity index is 1.74. The van der Waals surface area contributed by atoms with E-state index in [2.05, 4.69) is 15.6 Å². The molecule has 0 fully saturated rings. The number of hydrogen-bond acceptors (Lipinski definition) is 3. The van der Waals surface area contributed by atoms with Gasteiger partial charge in [-0.05, 0) is 37.6 Å². The van der Waals surface area contributed by atoms with E-state index in [1.807, 2.05) is 50.4 Å². The fourth-order valence-electron chi connectivity index (χ4n) is 2.54. The van der Waals surface area contributed by atoms with E-state index in [0.29, 0.717) is 27.8 Å². The van der Waals surface area contributed by atoms with E-state index in [4.69, 9.17) is 23.2 Å². The average molecular weight is 389 g/mol. The second-order valence-electron chi connectivity index (χ2n) is 6.52. The second kappa shape index (κ2) is 7.48. The van der Waals surface area contributed by atoms with E-state index in [0.717, 1.165) is 5.56 Å². The van der Waals surface area contributed by atoms with Crippen molar-refractivity contribution in [2.24, 2.45) is 0 Å². The molecule has 7 heteroatoms. The van der Waals surface area contributed by atoms with Crippen LogP contribution in [0.5, 0.6) is 0 Å². The van der Waals surface area contributed by atoms with Gasteiger partial charge in [0.25, 0.3) is 5.91 Å². The minimum absolute atomic E-state index is 0.281. The molecule has 3 rings (SSSR count). The third kappa shape index (κ3) is 4.42. The highest BCUT2D eigenvalue weighted by Crippen LogP contribution is 2.22. The minimum Gasteiger partial charge on any atom is -0.341 e. The summed E-state index contributed by atoms with van der Waals surface area (Å²) < 4.78 is 1.74. The van der Waals surface area contributed by atoms with Crippen LogP contribution in [0.15, 0.2) is 54.7 Å². The Morgan fingerprint density at radius 3 is 2.42 bits per heavy atom. The van der Waals surface area contributed by atoms with Crippen LogP contribution in [-0.2, 0) is 12.1 Å². The van der Waals surface area contributed by atoms with Crippen LogP contribution in [0, 0.1) is 0 Å². The number of halogens is 2. The van der Waals surface area contributed by atoms with Crippen molar-refractivity contribution < 1.29 is 4.79 Å². The molecule has 1 N–H and O–H groups in total. The van der Waals surface area contributed by atoms with Gasteiger partial charge in [0.15, 0.2) is 0 Å². The molecule has 0 bridgehead atoms. The fourth-order valence-corrected chi connectivity index (χ4v) is 3.06. The Labute approximate surface area is 161 Å². The summed E-state index contributed by atoms with van der Waals surface area (Å²) in [6, 6.07) is 14.7. The molecule has 5 nitrogen and oxygen atoms in total. The van der Waals surface area contributed by atoms with Gasteiger partial charge in [-0.2, -0.15) is 0 Å². The predicted octanol–water partition coefficient (Wildman–Crippen LogP) is 4.30. The normalized spacial score (nSPS) is 11.4. The lowest BCUT2D eigenvalue weighted by Crippen LogP contribution is -2.41. The Kier molecular flexibility index (Phi) is 5.30. The molecule has 0 unspecified atom stereocenters. The van der Waals surface area contributed by atoms with Crippen molar-refractivity contribution in [3.8, 4) is 0 Å². The molecule has 2 aromatic carbocycles. The Hall–Kier alpha value is -2.37. The van der Waals surface area contributed by atoms with Gasteiger partial charge in [-0.15, -0.1) is 5.10 Å². The lowest BCUT2D eigenvalue weighted by atomic mass is 10.0. The molecule has 1 aromatic heterocycles. The highest BCUT2D eigenvalue weighted by atomic mass is 35.5. The summed E-state index contributed by atoms with van der Waals surface area (Å²) >= 11 is 11.9. The molecule has 1 amide bonds. The van der Waals surface area contributed by atoms with Gasteiger partial charge < -0.3 is 5.32 Å². The molecule has 1 heterocycles. The maximum absolute atomic E-state index is 12.6. The van der Waals surface area contributed by atoms with Crippen molar-refractivity contribution in [1.82, 2.24) is 20.3 Å². The predicted molar refractivity (Wildman–Crippen MR) is 103 cm³/mol. The molecule has 134 valence electrons. The van der Waals surface area contributed by atoms with Crippen LogP contribution >= 0.6 is 23.2 Å². The maximum Gasteiger partial charge on any atom is 0.252 e. The average Bonchev–Trinajstić information content (AvgIpc) is 3.04. The first-order chi connectivity index (χ1) is 12.3. The summed E-state index contributed by atoms with van der Waals surface area (Å²) in [5.74, 6) is -0.281. The van der Waals surface area contributed by atoms with Gasteiger partial charge in [0.05, 0.1) is 18.3 Å². The number of nitrogens with one attached hydrogen (secondary N) is 1. The summed E-state index contributed by atoms with van der Waals surface area (Å²) in [6.45, 7) is 4.35. The van der Waals surface area contributed by atoms with Crippen molar-refractivity contribution in [3.05, 3.63) is 81.6 Å². The number of benzene rings is 2. The molecular formula is C19H18Cl2N4O. The van der Waals surface area contributed by atoms with Crippen molar-refractivity contribution in [2.75, 3.05) is 0 Å².